The van der Waals surface area contributed by atoms with Crippen molar-refractivity contribution in [3.8, 4) is 0 Å². The maximum Gasteiger partial charge on any atom is 0.292 e. The van der Waals surface area contributed by atoms with Crippen LogP contribution >= 0.6 is 0 Å². The number of nitrogens with zero attached hydrogens (tertiary/aromatic N) is 2. The van der Waals surface area contributed by atoms with Gasteiger partial charge in [-0.15, -0.1) is 0 Å². The SMILES string of the molecule is CC[C@@H](Cc1ccccc1)N(CC)C(=O)c1cc(C)no1. The molecule has 0 radical (unpaired) electrons. The number of benzene rings is 1. The van der Waals surface area contributed by atoms with Crippen molar-refractivity contribution in [3.63, 3.8) is 0 Å². The van der Waals surface area contributed by atoms with Gasteiger partial charge in [0.1, 0.15) is 0 Å². The zero-order chi connectivity index (χ0) is 15.2. The third-order valence-electron chi connectivity index (χ3n) is 3.67. The standard InChI is InChI=1S/C17H22N2O2/c1-4-15(12-14-9-7-6-8-10-14)19(5-2)17(20)16-11-13(3)18-21-16/h6-11,15H,4-5,12H2,1-3H3/t15-/m0/s1. The number of aromatic nitrogens is 1. The monoisotopic (exact) mass is 286 g/mol. The number of likely N-dealkylation sites (N-methyl/N-ethyl adjacent to an activating group) is 1. The summed E-state index contributed by atoms with van der Waals surface area (Å²) in [5.41, 5.74) is 1.97. The first kappa shape index (κ1) is 15.3. The van der Waals surface area contributed by atoms with E-state index in [-0.39, 0.29) is 11.9 Å². The zero-order valence-corrected chi connectivity index (χ0v) is 12.9. The van der Waals surface area contributed by atoms with Crippen LogP contribution in [0.1, 0.15) is 42.1 Å². The van der Waals surface area contributed by atoms with E-state index in [4.69, 9.17) is 4.52 Å². The Kier molecular flexibility index (Phi) is 5.14. The van der Waals surface area contributed by atoms with Gasteiger partial charge in [0.15, 0.2) is 0 Å². The number of aryl methyl sites for hydroxylation is 1. The first-order valence-corrected chi connectivity index (χ1v) is 7.43. The average molecular weight is 286 g/mol. The van der Waals surface area contributed by atoms with E-state index in [1.165, 1.54) is 5.56 Å². The fraction of sp³-hybridized carbons (Fsp3) is 0.412. The van der Waals surface area contributed by atoms with Gasteiger partial charge in [-0.05, 0) is 32.3 Å². The summed E-state index contributed by atoms with van der Waals surface area (Å²) in [5.74, 6) is 0.238. The van der Waals surface area contributed by atoms with E-state index in [0.29, 0.717) is 12.3 Å². The van der Waals surface area contributed by atoms with Gasteiger partial charge < -0.3 is 9.42 Å². The Morgan fingerprint density at radius 1 is 1.29 bits per heavy atom. The highest BCUT2D eigenvalue weighted by atomic mass is 16.5. The Morgan fingerprint density at radius 3 is 2.52 bits per heavy atom. The van der Waals surface area contributed by atoms with Crippen LogP contribution in [-0.2, 0) is 6.42 Å². The fourth-order valence-electron chi connectivity index (χ4n) is 2.53. The molecule has 1 atom stereocenters. The molecule has 1 aromatic heterocycles. The van der Waals surface area contributed by atoms with Gasteiger partial charge in [-0.1, -0.05) is 42.4 Å². The van der Waals surface area contributed by atoms with Crippen LogP contribution in [0.3, 0.4) is 0 Å². The number of carbonyl (C=O) groups is 1. The molecule has 0 saturated heterocycles. The third kappa shape index (κ3) is 3.72. The Hall–Kier alpha value is -2.10. The summed E-state index contributed by atoms with van der Waals surface area (Å²) >= 11 is 0. The van der Waals surface area contributed by atoms with Crippen LogP contribution in [0.5, 0.6) is 0 Å². The summed E-state index contributed by atoms with van der Waals surface area (Å²) in [5, 5.41) is 3.80. The van der Waals surface area contributed by atoms with Gasteiger partial charge in [-0.25, -0.2) is 0 Å². The second kappa shape index (κ2) is 7.07. The highest BCUT2D eigenvalue weighted by molar-refractivity contribution is 5.91. The zero-order valence-electron chi connectivity index (χ0n) is 12.9. The predicted octanol–water partition coefficient (Wildman–Crippen LogP) is 3.47. The number of hydrogen-bond acceptors (Lipinski definition) is 3. The lowest BCUT2D eigenvalue weighted by Gasteiger charge is -2.29. The van der Waals surface area contributed by atoms with Crippen LogP contribution in [0.4, 0.5) is 0 Å². The lowest BCUT2D eigenvalue weighted by atomic mass is 10.0. The van der Waals surface area contributed by atoms with Crippen molar-refractivity contribution >= 4 is 5.91 Å². The highest BCUT2D eigenvalue weighted by Gasteiger charge is 2.25. The number of hydrogen-bond donors (Lipinski definition) is 0. The molecule has 0 aliphatic carbocycles. The summed E-state index contributed by atoms with van der Waals surface area (Å²) in [6.45, 7) is 6.58. The molecule has 0 spiro atoms. The molecule has 1 amide bonds. The van der Waals surface area contributed by atoms with E-state index in [9.17, 15) is 4.79 Å². The molecule has 0 fully saturated rings. The molecular weight excluding hydrogens is 264 g/mol. The Labute approximate surface area is 125 Å². The summed E-state index contributed by atoms with van der Waals surface area (Å²) in [7, 11) is 0. The molecule has 1 heterocycles. The molecule has 0 bridgehead atoms. The van der Waals surface area contributed by atoms with Crippen LogP contribution in [0, 0.1) is 6.92 Å². The van der Waals surface area contributed by atoms with Crippen molar-refractivity contribution < 1.29 is 9.32 Å². The van der Waals surface area contributed by atoms with Crippen molar-refractivity contribution in [3.05, 3.63) is 53.4 Å². The normalized spacial score (nSPS) is 12.1. The summed E-state index contributed by atoms with van der Waals surface area (Å²) < 4.78 is 5.11. The van der Waals surface area contributed by atoms with Gasteiger partial charge in [-0.3, -0.25) is 4.79 Å². The molecule has 112 valence electrons. The van der Waals surface area contributed by atoms with Crippen LogP contribution in [0.2, 0.25) is 0 Å². The summed E-state index contributed by atoms with van der Waals surface area (Å²) in [6, 6.07) is 12.1. The van der Waals surface area contributed by atoms with Crippen molar-refractivity contribution in [2.45, 2.75) is 39.7 Å². The van der Waals surface area contributed by atoms with Crippen LogP contribution in [-0.4, -0.2) is 28.6 Å². The Balaban J connectivity index is 2.15. The fourth-order valence-corrected chi connectivity index (χ4v) is 2.53. The smallest absolute Gasteiger partial charge is 0.292 e. The van der Waals surface area contributed by atoms with E-state index in [1.54, 1.807) is 6.07 Å². The molecule has 0 unspecified atom stereocenters. The Morgan fingerprint density at radius 2 is 2.00 bits per heavy atom. The first-order valence-electron chi connectivity index (χ1n) is 7.43. The molecule has 1 aromatic carbocycles. The van der Waals surface area contributed by atoms with Crippen molar-refractivity contribution in [1.82, 2.24) is 10.1 Å². The number of carbonyl (C=O) groups excluding carboxylic acids is 1. The highest BCUT2D eigenvalue weighted by Crippen LogP contribution is 2.16. The molecule has 0 saturated carbocycles. The van der Waals surface area contributed by atoms with Gasteiger partial charge in [0.05, 0.1) is 5.69 Å². The quantitative estimate of drug-likeness (QED) is 0.817. The van der Waals surface area contributed by atoms with Crippen LogP contribution < -0.4 is 0 Å². The van der Waals surface area contributed by atoms with Gasteiger partial charge in [0.25, 0.3) is 5.91 Å². The van der Waals surface area contributed by atoms with Crippen molar-refractivity contribution in [2.24, 2.45) is 0 Å². The second-order valence-electron chi connectivity index (χ2n) is 5.18. The molecule has 0 aliphatic heterocycles. The topological polar surface area (TPSA) is 46.3 Å². The van der Waals surface area contributed by atoms with Gasteiger partial charge in [0, 0.05) is 18.7 Å². The Bertz CT molecular complexity index is 577. The molecule has 0 N–H and O–H groups in total. The average Bonchev–Trinajstić information content (AvgIpc) is 2.94. The van der Waals surface area contributed by atoms with Gasteiger partial charge in [-0.2, -0.15) is 0 Å². The summed E-state index contributed by atoms with van der Waals surface area (Å²) in [6.07, 6.45) is 1.76. The lowest BCUT2D eigenvalue weighted by Crippen LogP contribution is -2.41. The van der Waals surface area contributed by atoms with E-state index in [2.05, 4.69) is 24.2 Å². The second-order valence-corrected chi connectivity index (χ2v) is 5.18. The lowest BCUT2D eigenvalue weighted by molar-refractivity contribution is 0.0641. The molecule has 0 aliphatic rings. The van der Waals surface area contributed by atoms with E-state index < -0.39 is 0 Å². The molecular formula is C17H22N2O2. The first-order chi connectivity index (χ1) is 10.2. The van der Waals surface area contributed by atoms with Gasteiger partial charge in [0.2, 0.25) is 5.76 Å². The van der Waals surface area contributed by atoms with Crippen molar-refractivity contribution in [2.75, 3.05) is 6.54 Å². The van der Waals surface area contributed by atoms with Crippen LogP contribution in [0.15, 0.2) is 40.9 Å². The largest absolute Gasteiger partial charge is 0.351 e. The molecule has 2 rings (SSSR count). The number of amides is 1. The number of rotatable bonds is 6. The molecule has 4 nitrogen and oxygen atoms in total. The summed E-state index contributed by atoms with van der Waals surface area (Å²) in [4.78, 5) is 14.4. The van der Waals surface area contributed by atoms with Crippen molar-refractivity contribution in [1.29, 1.82) is 0 Å². The maximum absolute atomic E-state index is 12.6. The minimum absolute atomic E-state index is 0.0825. The maximum atomic E-state index is 12.6. The van der Waals surface area contributed by atoms with E-state index >= 15 is 0 Å². The molecule has 4 heteroatoms. The predicted molar refractivity (Wildman–Crippen MR) is 82.2 cm³/mol. The minimum Gasteiger partial charge on any atom is -0.351 e. The van der Waals surface area contributed by atoms with Crippen LogP contribution in [0.25, 0.3) is 0 Å². The third-order valence-corrected chi connectivity index (χ3v) is 3.67. The van der Waals surface area contributed by atoms with E-state index in [1.807, 2.05) is 36.9 Å². The minimum atomic E-state index is -0.0825. The van der Waals surface area contributed by atoms with E-state index in [0.717, 1.165) is 18.5 Å². The molecule has 2 aromatic rings. The molecule has 21 heavy (non-hydrogen) atoms. The van der Waals surface area contributed by atoms with Gasteiger partial charge >= 0.3 is 0 Å².